The van der Waals surface area contributed by atoms with Crippen molar-refractivity contribution in [2.24, 2.45) is 5.92 Å². The maximum Gasteiger partial charge on any atom is 0.104 e. The Kier molecular flexibility index (Phi) is 2.66. The van der Waals surface area contributed by atoms with Gasteiger partial charge >= 0.3 is 0 Å². The molecule has 1 rings (SSSR count). The second-order valence-electron chi connectivity index (χ2n) is 3.40. The van der Waals surface area contributed by atoms with E-state index in [1.807, 2.05) is 6.92 Å². The van der Waals surface area contributed by atoms with Crippen molar-refractivity contribution in [3.63, 3.8) is 0 Å². The zero-order valence-electron chi connectivity index (χ0n) is 6.81. The van der Waals surface area contributed by atoms with Crippen LogP contribution in [-0.4, -0.2) is 31.2 Å². The first-order chi connectivity index (χ1) is 4.70. The monoisotopic (exact) mass is 145 g/mol. The van der Waals surface area contributed by atoms with Crippen LogP contribution in [0.2, 0.25) is 0 Å². The van der Waals surface area contributed by atoms with Crippen LogP contribution in [0.4, 0.5) is 4.39 Å². The van der Waals surface area contributed by atoms with Gasteiger partial charge in [0.15, 0.2) is 0 Å². The van der Waals surface area contributed by atoms with E-state index in [9.17, 15) is 4.39 Å². The van der Waals surface area contributed by atoms with Gasteiger partial charge < -0.3 is 4.90 Å². The molecule has 2 unspecified atom stereocenters. The lowest BCUT2D eigenvalue weighted by atomic mass is 10.0. The summed E-state index contributed by atoms with van der Waals surface area (Å²) in [6, 6.07) is 0. The van der Waals surface area contributed by atoms with E-state index in [1.165, 1.54) is 0 Å². The topological polar surface area (TPSA) is 3.24 Å². The lowest BCUT2D eigenvalue weighted by molar-refractivity contribution is 0.212. The number of hydrogen-bond acceptors (Lipinski definition) is 1. The van der Waals surface area contributed by atoms with Crippen LogP contribution in [0.5, 0.6) is 0 Å². The van der Waals surface area contributed by atoms with Gasteiger partial charge in [-0.05, 0) is 32.4 Å². The SMILES string of the molecule is CC1CN(C)CCCC1F. The molecule has 60 valence electrons. The van der Waals surface area contributed by atoms with Gasteiger partial charge in [0.05, 0.1) is 0 Å². The van der Waals surface area contributed by atoms with Crippen LogP contribution >= 0.6 is 0 Å². The Balaban J connectivity index is 2.41. The van der Waals surface area contributed by atoms with E-state index in [0.29, 0.717) is 0 Å². The maximum absolute atomic E-state index is 13.0. The molecule has 0 bridgehead atoms. The fourth-order valence-electron chi connectivity index (χ4n) is 1.54. The molecule has 0 aromatic rings. The lowest BCUT2D eigenvalue weighted by Gasteiger charge is -2.17. The second-order valence-corrected chi connectivity index (χ2v) is 3.40. The van der Waals surface area contributed by atoms with Gasteiger partial charge in [0.25, 0.3) is 0 Å². The average Bonchev–Trinajstić information content (AvgIpc) is 1.96. The first-order valence-electron chi connectivity index (χ1n) is 4.03. The summed E-state index contributed by atoms with van der Waals surface area (Å²) in [6.45, 7) is 3.97. The van der Waals surface area contributed by atoms with Crippen molar-refractivity contribution in [2.45, 2.75) is 25.9 Å². The molecule has 0 radical (unpaired) electrons. The van der Waals surface area contributed by atoms with E-state index in [2.05, 4.69) is 11.9 Å². The summed E-state index contributed by atoms with van der Waals surface area (Å²) in [4.78, 5) is 2.21. The van der Waals surface area contributed by atoms with Crippen LogP contribution in [-0.2, 0) is 0 Å². The molecule has 1 aliphatic heterocycles. The third-order valence-corrected chi connectivity index (χ3v) is 2.24. The summed E-state index contributed by atoms with van der Waals surface area (Å²) in [5, 5.41) is 0. The van der Waals surface area contributed by atoms with Crippen molar-refractivity contribution >= 4 is 0 Å². The van der Waals surface area contributed by atoms with Gasteiger partial charge in [0.2, 0.25) is 0 Å². The molecule has 10 heavy (non-hydrogen) atoms. The molecule has 1 aliphatic rings. The van der Waals surface area contributed by atoms with Crippen LogP contribution in [0.15, 0.2) is 0 Å². The summed E-state index contributed by atoms with van der Waals surface area (Å²) in [5.74, 6) is 0.229. The first-order valence-corrected chi connectivity index (χ1v) is 4.03. The van der Waals surface area contributed by atoms with Crippen LogP contribution < -0.4 is 0 Å². The van der Waals surface area contributed by atoms with Gasteiger partial charge in [-0.3, -0.25) is 0 Å². The largest absolute Gasteiger partial charge is 0.306 e. The van der Waals surface area contributed by atoms with Crippen molar-refractivity contribution in [3.05, 3.63) is 0 Å². The number of alkyl halides is 1. The predicted molar refractivity (Wildman–Crippen MR) is 40.8 cm³/mol. The Morgan fingerprint density at radius 1 is 1.50 bits per heavy atom. The molecule has 0 N–H and O–H groups in total. The minimum atomic E-state index is -0.565. The molecule has 1 heterocycles. The molecular formula is C8H16FN. The Bertz CT molecular complexity index is 105. The molecule has 0 spiro atoms. The van der Waals surface area contributed by atoms with E-state index >= 15 is 0 Å². The number of hydrogen-bond donors (Lipinski definition) is 0. The van der Waals surface area contributed by atoms with E-state index in [1.54, 1.807) is 0 Å². The Morgan fingerprint density at radius 2 is 2.20 bits per heavy atom. The van der Waals surface area contributed by atoms with Gasteiger partial charge in [-0.1, -0.05) is 6.92 Å². The van der Waals surface area contributed by atoms with Gasteiger partial charge in [0, 0.05) is 6.54 Å². The minimum Gasteiger partial charge on any atom is -0.306 e. The fraction of sp³-hybridized carbons (Fsp3) is 1.00. The highest BCUT2D eigenvalue weighted by atomic mass is 19.1. The Morgan fingerprint density at radius 3 is 2.90 bits per heavy atom. The van der Waals surface area contributed by atoms with Crippen molar-refractivity contribution < 1.29 is 4.39 Å². The molecule has 1 fully saturated rings. The van der Waals surface area contributed by atoms with Gasteiger partial charge in [-0.25, -0.2) is 4.39 Å². The molecule has 2 atom stereocenters. The molecule has 0 amide bonds. The van der Waals surface area contributed by atoms with E-state index in [4.69, 9.17) is 0 Å². The molecule has 1 saturated heterocycles. The smallest absolute Gasteiger partial charge is 0.104 e. The fourth-order valence-corrected chi connectivity index (χ4v) is 1.54. The van der Waals surface area contributed by atoms with Crippen molar-refractivity contribution in [1.29, 1.82) is 0 Å². The Labute approximate surface area is 62.2 Å². The quantitative estimate of drug-likeness (QED) is 0.501. The zero-order valence-corrected chi connectivity index (χ0v) is 6.81. The van der Waals surface area contributed by atoms with E-state index in [0.717, 1.165) is 25.9 Å². The number of halogens is 1. The third kappa shape index (κ3) is 1.94. The standard InChI is InChI=1S/C8H16FN/c1-7-6-10(2)5-3-4-8(7)9/h7-8H,3-6H2,1-2H3. The minimum absolute atomic E-state index is 0.229. The molecule has 0 saturated carbocycles. The molecule has 0 aromatic carbocycles. The van der Waals surface area contributed by atoms with Crippen LogP contribution in [0, 0.1) is 5.92 Å². The summed E-state index contributed by atoms with van der Waals surface area (Å²) < 4.78 is 13.0. The van der Waals surface area contributed by atoms with Crippen molar-refractivity contribution in [1.82, 2.24) is 4.90 Å². The van der Waals surface area contributed by atoms with Gasteiger partial charge in [-0.15, -0.1) is 0 Å². The maximum atomic E-state index is 13.0. The summed E-state index contributed by atoms with van der Waals surface area (Å²) in [6.07, 6.45) is 1.21. The van der Waals surface area contributed by atoms with Crippen LogP contribution in [0.1, 0.15) is 19.8 Å². The summed E-state index contributed by atoms with van der Waals surface area (Å²) in [7, 11) is 2.06. The third-order valence-electron chi connectivity index (χ3n) is 2.24. The zero-order chi connectivity index (χ0) is 7.56. The first kappa shape index (κ1) is 7.99. The summed E-state index contributed by atoms with van der Waals surface area (Å²) in [5.41, 5.74) is 0. The van der Waals surface area contributed by atoms with E-state index in [-0.39, 0.29) is 5.92 Å². The molecule has 0 aromatic heterocycles. The second kappa shape index (κ2) is 3.33. The molecular weight excluding hydrogens is 129 g/mol. The van der Waals surface area contributed by atoms with Crippen molar-refractivity contribution in [3.8, 4) is 0 Å². The number of nitrogens with zero attached hydrogens (tertiary/aromatic N) is 1. The highest BCUT2D eigenvalue weighted by Crippen LogP contribution is 2.18. The number of likely N-dealkylation sites (tertiary alicyclic amines) is 1. The van der Waals surface area contributed by atoms with Crippen LogP contribution in [0.3, 0.4) is 0 Å². The molecule has 0 aliphatic carbocycles. The summed E-state index contributed by atoms with van der Waals surface area (Å²) >= 11 is 0. The van der Waals surface area contributed by atoms with Gasteiger partial charge in [0.1, 0.15) is 6.17 Å². The highest BCUT2D eigenvalue weighted by Gasteiger charge is 2.20. The van der Waals surface area contributed by atoms with E-state index < -0.39 is 6.17 Å². The lowest BCUT2D eigenvalue weighted by Crippen LogP contribution is -2.25. The normalized spacial score (nSPS) is 37.5. The number of rotatable bonds is 0. The highest BCUT2D eigenvalue weighted by molar-refractivity contribution is 4.72. The van der Waals surface area contributed by atoms with Gasteiger partial charge in [-0.2, -0.15) is 0 Å². The average molecular weight is 145 g/mol. The van der Waals surface area contributed by atoms with Crippen molar-refractivity contribution in [2.75, 3.05) is 20.1 Å². The molecule has 2 heteroatoms. The Hall–Kier alpha value is -0.110. The van der Waals surface area contributed by atoms with Crippen LogP contribution in [0.25, 0.3) is 0 Å². The molecule has 1 nitrogen and oxygen atoms in total. The predicted octanol–water partition coefficient (Wildman–Crippen LogP) is 1.69.